The summed E-state index contributed by atoms with van der Waals surface area (Å²) >= 11 is 1.77. The third-order valence-electron chi connectivity index (χ3n) is 5.09. The van der Waals surface area contributed by atoms with Crippen molar-refractivity contribution in [2.75, 3.05) is 31.1 Å². The minimum absolute atomic E-state index is 0.976. The lowest BCUT2D eigenvalue weighted by molar-refractivity contribution is 0.246. The lowest BCUT2D eigenvalue weighted by atomic mass is 10.2. The summed E-state index contributed by atoms with van der Waals surface area (Å²) in [6.07, 6.45) is 7.33. The van der Waals surface area contributed by atoms with Crippen LogP contribution in [0.3, 0.4) is 0 Å². The number of rotatable bonds is 3. The monoisotopic (exact) mass is 340 g/mol. The molecule has 24 heavy (non-hydrogen) atoms. The third-order valence-corrected chi connectivity index (χ3v) is 6.18. The molecule has 6 nitrogen and oxygen atoms in total. The van der Waals surface area contributed by atoms with Crippen LogP contribution in [0.25, 0.3) is 10.2 Å². The number of thiazole rings is 1. The standard InChI is InChI=1S/C17H20N6S/c1-2-12-13(3-1)20-21-15(12)11-22-6-8-23(9-7-22)17-19-14-10-18-5-4-16(14)24-17/h4-5,10H,1-3,6-9,11H2,(H,20,21). The number of anilines is 1. The molecule has 0 amide bonds. The van der Waals surface area contributed by atoms with Gasteiger partial charge in [-0.25, -0.2) is 4.98 Å². The second-order valence-corrected chi connectivity index (χ2v) is 7.59. The molecule has 0 unspecified atom stereocenters. The van der Waals surface area contributed by atoms with Crippen molar-refractivity contribution in [2.45, 2.75) is 25.8 Å². The number of piperazine rings is 1. The average Bonchev–Trinajstić information content (AvgIpc) is 3.31. The molecule has 0 radical (unpaired) electrons. The van der Waals surface area contributed by atoms with Crippen molar-refractivity contribution in [1.82, 2.24) is 25.1 Å². The quantitative estimate of drug-likeness (QED) is 0.792. The Balaban J connectivity index is 1.25. The Hall–Kier alpha value is -1.99. The van der Waals surface area contributed by atoms with E-state index in [9.17, 15) is 0 Å². The van der Waals surface area contributed by atoms with Gasteiger partial charge in [-0.05, 0) is 30.9 Å². The van der Waals surface area contributed by atoms with Gasteiger partial charge in [0.2, 0.25) is 0 Å². The van der Waals surface area contributed by atoms with Crippen molar-refractivity contribution in [1.29, 1.82) is 0 Å². The summed E-state index contributed by atoms with van der Waals surface area (Å²) in [7, 11) is 0. The number of fused-ring (bicyclic) bond motifs is 2. The number of hydrogen-bond donors (Lipinski definition) is 1. The summed E-state index contributed by atoms with van der Waals surface area (Å²) in [5.74, 6) is 0. The highest BCUT2D eigenvalue weighted by Gasteiger charge is 2.23. The maximum absolute atomic E-state index is 4.73. The largest absolute Gasteiger partial charge is 0.345 e. The van der Waals surface area contributed by atoms with Gasteiger partial charge in [-0.1, -0.05) is 11.3 Å². The number of hydrogen-bond acceptors (Lipinski definition) is 6. The van der Waals surface area contributed by atoms with Gasteiger partial charge in [0.1, 0.15) is 5.52 Å². The van der Waals surface area contributed by atoms with E-state index in [-0.39, 0.29) is 0 Å². The van der Waals surface area contributed by atoms with E-state index in [1.165, 1.54) is 40.9 Å². The van der Waals surface area contributed by atoms with Gasteiger partial charge >= 0.3 is 0 Å². The number of aromatic amines is 1. The minimum atomic E-state index is 0.976. The molecule has 3 aromatic rings. The predicted octanol–water partition coefficient (Wildman–Crippen LogP) is 2.23. The first kappa shape index (κ1) is 14.4. The van der Waals surface area contributed by atoms with Gasteiger partial charge in [-0.3, -0.25) is 15.0 Å². The van der Waals surface area contributed by atoms with Crippen LogP contribution in [0, 0.1) is 0 Å². The van der Waals surface area contributed by atoms with Crippen LogP contribution in [-0.2, 0) is 19.4 Å². The molecule has 2 aliphatic rings. The number of nitrogens with one attached hydrogen (secondary N) is 1. The summed E-state index contributed by atoms with van der Waals surface area (Å²) < 4.78 is 1.22. The molecule has 1 aliphatic heterocycles. The van der Waals surface area contributed by atoms with Gasteiger partial charge < -0.3 is 4.90 Å². The van der Waals surface area contributed by atoms with Gasteiger partial charge in [-0.15, -0.1) is 0 Å². The molecule has 0 saturated carbocycles. The second-order valence-electron chi connectivity index (χ2n) is 6.58. The number of pyridine rings is 1. The highest BCUT2D eigenvalue weighted by Crippen LogP contribution is 2.29. The Morgan fingerprint density at radius 3 is 2.96 bits per heavy atom. The van der Waals surface area contributed by atoms with Crippen LogP contribution in [0.15, 0.2) is 18.5 Å². The molecule has 0 bridgehead atoms. The van der Waals surface area contributed by atoms with Crippen molar-refractivity contribution in [3.05, 3.63) is 35.4 Å². The zero-order valence-corrected chi connectivity index (χ0v) is 14.3. The zero-order chi connectivity index (χ0) is 15.9. The van der Waals surface area contributed by atoms with E-state index < -0.39 is 0 Å². The number of aryl methyl sites for hydroxylation is 1. The fourth-order valence-electron chi connectivity index (χ4n) is 3.73. The molecular formula is C17H20N6S. The molecule has 7 heteroatoms. The molecule has 124 valence electrons. The molecule has 1 N–H and O–H groups in total. The third kappa shape index (κ3) is 2.48. The van der Waals surface area contributed by atoms with Crippen LogP contribution in [0.2, 0.25) is 0 Å². The van der Waals surface area contributed by atoms with Gasteiger partial charge in [0.25, 0.3) is 0 Å². The van der Waals surface area contributed by atoms with Crippen molar-refractivity contribution < 1.29 is 0 Å². The smallest absolute Gasteiger partial charge is 0.186 e. The molecule has 0 atom stereocenters. The topological polar surface area (TPSA) is 60.9 Å². The minimum Gasteiger partial charge on any atom is -0.345 e. The Labute approximate surface area is 144 Å². The Morgan fingerprint density at radius 2 is 2.08 bits per heavy atom. The summed E-state index contributed by atoms with van der Waals surface area (Å²) in [4.78, 5) is 13.8. The summed E-state index contributed by atoms with van der Waals surface area (Å²) in [5.41, 5.74) is 5.12. The molecule has 0 spiro atoms. The molecule has 1 fully saturated rings. The first-order valence-corrected chi connectivity index (χ1v) is 9.41. The van der Waals surface area contributed by atoms with E-state index in [1.807, 2.05) is 18.5 Å². The summed E-state index contributed by atoms with van der Waals surface area (Å²) in [5, 5.41) is 8.89. The molecule has 0 aromatic carbocycles. The number of H-pyrrole nitrogens is 1. The average molecular weight is 340 g/mol. The highest BCUT2D eigenvalue weighted by molar-refractivity contribution is 7.22. The van der Waals surface area contributed by atoms with E-state index in [1.54, 1.807) is 11.3 Å². The van der Waals surface area contributed by atoms with E-state index in [0.29, 0.717) is 0 Å². The lowest BCUT2D eigenvalue weighted by Crippen LogP contribution is -2.46. The van der Waals surface area contributed by atoms with Crippen LogP contribution in [0.5, 0.6) is 0 Å². The molecule has 5 rings (SSSR count). The Bertz CT molecular complexity index is 828. The van der Waals surface area contributed by atoms with Crippen molar-refractivity contribution in [3.63, 3.8) is 0 Å². The summed E-state index contributed by atoms with van der Waals surface area (Å²) in [6, 6.07) is 2.05. The van der Waals surface area contributed by atoms with E-state index in [0.717, 1.165) is 43.4 Å². The second kappa shape index (κ2) is 5.82. The fourth-order valence-corrected chi connectivity index (χ4v) is 4.72. The van der Waals surface area contributed by atoms with Gasteiger partial charge in [-0.2, -0.15) is 5.10 Å². The maximum Gasteiger partial charge on any atom is 0.186 e. The lowest BCUT2D eigenvalue weighted by Gasteiger charge is -2.34. The fraction of sp³-hybridized carbons (Fsp3) is 0.471. The van der Waals surface area contributed by atoms with Crippen LogP contribution in [0.1, 0.15) is 23.4 Å². The van der Waals surface area contributed by atoms with Crippen LogP contribution < -0.4 is 4.90 Å². The molecule has 1 aliphatic carbocycles. The maximum atomic E-state index is 4.73. The number of nitrogens with zero attached hydrogens (tertiary/aromatic N) is 5. The zero-order valence-electron chi connectivity index (χ0n) is 13.5. The van der Waals surface area contributed by atoms with Gasteiger partial charge in [0.15, 0.2) is 5.13 Å². The predicted molar refractivity (Wildman–Crippen MR) is 95.5 cm³/mol. The van der Waals surface area contributed by atoms with E-state index >= 15 is 0 Å². The SMILES string of the molecule is c1cc2sc(N3CCN(Cc4n[nH]c5c4CCC5)CC3)nc2cn1. The van der Waals surface area contributed by atoms with Crippen molar-refractivity contribution in [2.24, 2.45) is 0 Å². The first-order valence-electron chi connectivity index (χ1n) is 8.60. The number of aromatic nitrogens is 4. The van der Waals surface area contributed by atoms with E-state index in [2.05, 4.69) is 25.0 Å². The van der Waals surface area contributed by atoms with Crippen molar-refractivity contribution in [3.8, 4) is 0 Å². The molecular weight excluding hydrogens is 320 g/mol. The van der Waals surface area contributed by atoms with Crippen molar-refractivity contribution >= 4 is 26.7 Å². The van der Waals surface area contributed by atoms with E-state index in [4.69, 9.17) is 4.98 Å². The Morgan fingerprint density at radius 1 is 1.17 bits per heavy atom. The first-order chi connectivity index (χ1) is 11.9. The highest BCUT2D eigenvalue weighted by atomic mass is 32.1. The normalized spacial score (nSPS) is 18.4. The van der Waals surface area contributed by atoms with Gasteiger partial charge in [0.05, 0.1) is 16.6 Å². The summed E-state index contributed by atoms with van der Waals surface area (Å²) in [6.45, 7) is 5.16. The van der Waals surface area contributed by atoms with Gasteiger partial charge in [0, 0.05) is 44.6 Å². The molecule has 1 saturated heterocycles. The van der Waals surface area contributed by atoms with Crippen LogP contribution >= 0.6 is 11.3 Å². The van der Waals surface area contributed by atoms with Crippen LogP contribution in [0.4, 0.5) is 5.13 Å². The molecule has 3 aromatic heterocycles. The molecule has 4 heterocycles. The van der Waals surface area contributed by atoms with Crippen LogP contribution in [-0.4, -0.2) is 51.2 Å². The Kier molecular flexibility index (Phi) is 3.48.